The summed E-state index contributed by atoms with van der Waals surface area (Å²) in [6, 6.07) is 15.9. The zero-order valence-electron chi connectivity index (χ0n) is 18.2. The van der Waals surface area contributed by atoms with E-state index in [1.165, 1.54) is 99.7 Å². The van der Waals surface area contributed by atoms with E-state index in [4.69, 9.17) is 0 Å². The van der Waals surface area contributed by atoms with Crippen molar-refractivity contribution in [2.75, 3.05) is 18.0 Å². The second-order valence-electron chi connectivity index (χ2n) is 8.45. The Balaban J connectivity index is 1.70. The molecule has 0 atom stereocenters. The summed E-state index contributed by atoms with van der Waals surface area (Å²) in [5.41, 5.74) is 7.47. The molecule has 0 saturated heterocycles. The average molecular weight is 378 g/mol. The summed E-state index contributed by atoms with van der Waals surface area (Å²) in [5, 5.41) is 0. The molecule has 0 bridgehead atoms. The van der Waals surface area contributed by atoms with Gasteiger partial charge in [-0.25, -0.2) is 0 Å². The molecule has 152 valence electrons. The van der Waals surface area contributed by atoms with E-state index >= 15 is 0 Å². The molecule has 0 radical (unpaired) electrons. The molecule has 1 aliphatic carbocycles. The Morgan fingerprint density at radius 3 is 1.93 bits per heavy atom. The lowest BCUT2D eigenvalue weighted by atomic mass is 10.0. The van der Waals surface area contributed by atoms with E-state index in [-0.39, 0.29) is 0 Å². The van der Waals surface area contributed by atoms with Gasteiger partial charge in [0.2, 0.25) is 0 Å². The minimum atomic E-state index is 1.10. The molecular weight excluding hydrogens is 338 g/mol. The minimum Gasteiger partial charge on any atom is -0.371 e. The molecular formula is C27H39N. The molecule has 0 aliphatic heterocycles. The zero-order chi connectivity index (χ0) is 19.6. The van der Waals surface area contributed by atoms with Crippen LogP contribution in [0.15, 0.2) is 42.5 Å². The number of hydrogen-bond acceptors (Lipinski definition) is 1. The molecule has 0 heterocycles. The van der Waals surface area contributed by atoms with Gasteiger partial charge in [0.1, 0.15) is 0 Å². The van der Waals surface area contributed by atoms with Crippen molar-refractivity contribution in [3.05, 3.63) is 53.6 Å². The fourth-order valence-electron chi connectivity index (χ4n) is 4.60. The van der Waals surface area contributed by atoms with Gasteiger partial charge < -0.3 is 4.90 Å². The van der Waals surface area contributed by atoms with E-state index in [0.717, 1.165) is 6.42 Å². The summed E-state index contributed by atoms with van der Waals surface area (Å²) in [6.45, 7) is 7.02. The lowest BCUT2D eigenvalue weighted by Gasteiger charge is -2.27. The number of rotatable bonds is 13. The van der Waals surface area contributed by atoms with Crippen molar-refractivity contribution in [1.82, 2.24) is 0 Å². The molecule has 0 saturated carbocycles. The first-order chi connectivity index (χ1) is 13.8. The Hall–Kier alpha value is -1.76. The number of unbranched alkanes of at least 4 members (excludes halogenated alkanes) is 8. The number of anilines is 1. The molecule has 2 aromatic rings. The molecule has 0 unspecified atom stereocenters. The fraction of sp³-hybridized carbons (Fsp3) is 0.556. The Labute approximate surface area is 173 Å². The van der Waals surface area contributed by atoms with Crippen LogP contribution in [0.2, 0.25) is 0 Å². The van der Waals surface area contributed by atoms with Crippen LogP contribution in [0.25, 0.3) is 11.1 Å². The molecule has 0 spiro atoms. The molecule has 1 heteroatoms. The first-order valence-electron chi connectivity index (χ1n) is 11.8. The van der Waals surface area contributed by atoms with Crippen molar-refractivity contribution >= 4 is 5.69 Å². The molecule has 0 fully saturated rings. The van der Waals surface area contributed by atoms with E-state index in [0.29, 0.717) is 0 Å². The number of nitrogens with zero attached hydrogens (tertiary/aromatic N) is 1. The molecule has 1 nitrogen and oxygen atoms in total. The highest BCUT2D eigenvalue weighted by molar-refractivity contribution is 5.82. The van der Waals surface area contributed by atoms with Crippen LogP contribution in [0.5, 0.6) is 0 Å². The quantitative estimate of drug-likeness (QED) is 0.273. The average Bonchev–Trinajstić information content (AvgIpc) is 3.11. The van der Waals surface area contributed by atoms with Gasteiger partial charge in [-0.1, -0.05) is 102 Å². The predicted molar refractivity (Wildman–Crippen MR) is 124 cm³/mol. The maximum absolute atomic E-state index is 2.71. The van der Waals surface area contributed by atoms with E-state index in [1.54, 1.807) is 5.56 Å². The maximum Gasteiger partial charge on any atom is 0.0408 e. The molecule has 1 aliphatic rings. The molecule has 3 rings (SSSR count). The van der Waals surface area contributed by atoms with Gasteiger partial charge in [-0.3, -0.25) is 0 Å². The van der Waals surface area contributed by atoms with Crippen LogP contribution in [0.3, 0.4) is 0 Å². The Kier molecular flexibility index (Phi) is 8.45. The van der Waals surface area contributed by atoms with Crippen LogP contribution in [0.1, 0.15) is 89.2 Å². The predicted octanol–water partition coefficient (Wildman–Crippen LogP) is 8.01. The molecule has 0 N–H and O–H groups in total. The summed E-state index contributed by atoms with van der Waals surface area (Å²) in [4.78, 5) is 2.71. The van der Waals surface area contributed by atoms with Gasteiger partial charge in [0.05, 0.1) is 0 Å². The van der Waals surface area contributed by atoms with Gasteiger partial charge in [0, 0.05) is 25.2 Å². The third-order valence-electron chi connectivity index (χ3n) is 6.23. The van der Waals surface area contributed by atoms with E-state index in [1.807, 2.05) is 0 Å². The molecule has 2 aromatic carbocycles. The van der Waals surface area contributed by atoms with Gasteiger partial charge in [-0.15, -0.1) is 0 Å². The van der Waals surface area contributed by atoms with Gasteiger partial charge >= 0.3 is 0 Å². The largest absolute Gasteiger partial charge is 0.371 e. The zero-order valence-corrected chi connectivity index (χ0v) is 18.2. The van der Waals surface area contributed by atoms with Crippen LogP contribution in [-0.4, -0.2) is 13.1 Å². The van der Waals surface area contributed by atoms with Crippen LogP contribution >= 0.6 is 0 Å². The molecule has 0 aromatic heterocycles. The van der Waals surface area contributed by atoms with Gasteiger partial charge in [-0.2, -0.15) is 0 Å². The third kappa shape index (κ3) is 5.40. The van der Waals surface area contributed by atoms with Crippen LogP contribution in [0, 0.1) is 0 Å². The summed E-state index contributed by atoms with van der Waals surface area (Å²) in [5.74, 6) is 0. The van der Waals surface area contributed by atoms with Crippen molar-refractivity contribution < 1.29 is 0 Å². The summed E-state index contributed by atoms with van der Waals surface area (Å²) < 4.78 is 0. The standard InChI is InChI=1S/C27H39N/c1-3-5-7-9-13-20-28(21-14-10-8-6-4-2)27-19-15-18-25-24-17-12-11-16-23(24)22-26(25)27/h11-12,15-19H,3-10,13-14,20-22H2,1-2H3. The summed E-state index contributed by atoms with van der Waals surface area (Å²) in [6.07, 6.45) is 14.7. The Bertz CT molecular complexity index is 704. The lowest BCUT2D eigenvalue weighted by Crippen LogP contribution is -2.26. The number of benzene rings is 2. The number of fused-ring (bicyclic) bond motifs is 3. The topological polar surface area (TPSA) is 3.24 Å². The molecule has 0 amide bonds. The molecule has 28 heavy (non-hydrogen) atoms. The second kappa shape index (κ2) is 11.3. The van der Waals surface area contributed by atoms with Crippen LogP contribution < -0.4 is 4.90 Å². The first-order valence-corrected chi connectivity index (χ1v) is 11.8. The van der Waals surface area contributed by atoms with Gasteiger partial charge in [0.15, 0.2) is 0 Å². The van der Waals surface area contributed by atoms with E-state index in [9.17, 15) is 0 Å². The minimum absolute atomic E-state index is 1.10. The van der Waals surface area contributed by atoms with Crippen LogP contribution in [0.4, 0.5) is 5.69 Å². The van der Waals surface area contributed by atoms with Crippen molar-refractivity contribution in [2.24, 2.45) is 0 Å². The van der Waals surface area contributed by atoms with Crippen molar-refractivity contribution in [3.63, 3.8) is 0 Å². The monoisotopic (exact) mass is 377 g/mol. The summed E-state index contributed by atoms with van der Waals surface area (Å²) >= 11 is 0. The van der Waals surface area contributed by atoms with Gasteiger partial charge in [0.25, 0.3) is 0 Å². The van der Waals surface area contributed by atoms with Crippen molar-refractivity contribution in [3.8, 4) is 11.1 Å². The SMILES string of the molecule is CCCCCCCN(CCCCCCC)c1cccc2c1Cc1ccccc1-2. The third-order valence-corrected chi connectivity index (χ3v) is 6.23. The Morgan fingerprint density at radius 1 is 0.643 bits per heavy atom. The maximum atomic E-state index is 2.71. The normalized spacial score (nSPS) is 12.1. The highest BCUT2D eigenvalue weighted by Gasteiger charge is 2.22. The van der Waals surface area contributed by atoms with E-state index < -0.39 is 0 Å². The second-order valence-corrected chi connectivity index (χ2v) is 8.45. The first kappa shape index (κ1) is 21.0. The summed E-state index contributed by atoms with van der Waals surface area (Å²) in [7, 11) is 0. The van der Waals surface area contributed by atoms with Crippen molar-refractivity contribution in [2.45, 2.75) is 84.5 Å². The Morgan fingerprint density at radius 2 is 1.25 bits per heavy atom. The van der Waals surface area contributed by atoms with Crippen LogP contribution in [-0.2, 0) is 6.42 Å². The highest BCUT2D eigenvalue weighted by atomic mass is 15.1. The number of hydrogen-bond donors (Lipinski definition) is 0. The van der Waals surface area contributed by atoms with Gasteiger partial charge in [-0.05, 0) is 41.2 Å². The lowest BCUT2D eigenvalue weighted by molar-refractivity contribution is 0.588. The van der Waals surface area contributed by atoms with Crippen molar-refractivity contribution in [1.29, 1.82) is 0 Å². The highest BCUT2D eigenvalue weighted by Crippen LogP contribution is 2.41. The fourth-order valence-corrected chi connectivity index (χ4v) is 4.60. The van der Waals surface area contributed by atoms with E-state index in [2.05, 4.69) is 61.2 Å². The smallest absolute Gasteiger partial charge is 0.0408 e.